The van der Waals surface area contributed by atoms with Crippen LogP contribution < -0.4 is 10.6 Å². The molecule has 2 aliphatic rings. The monoisotopic (exact) mass is 475 g/mol. The number of nitrogens with zero attached hydrogens (tertiary/aromatic N) is 3. The molecule has 2 N–H and O–H groups in total. The van der Waals surface area contributed by atoms with Crippen molar-refractivity contribution in [3.63, 3.8) is 0 Å². The number of nitrogens with one attached hydrogen (secondary N) is 2. The van der Waals surface area contributed by atoms with Crippen molar-refractivity contribution in [1.82, 2.24) is 20.0 Å². The molecule has 1 aliphatic carbocycles. The lowest BCUT2D eigenvalue weighted by molar-refractivity contribution is -0.133. The minimum Gasteiger partial charge on any atom is -0.466 e. The largest absolute Gasteiger partial charge is 0.466 e. The van der Waals surface area contributed by atoms with Crippen molar-refractivity contribution >= 4 is 23.7 Å². The molecule has 5 rings (SSSR count). The normalized spacial score (nSPS) is 20.5. The number of para-hydroxylation sites is 1. The maximum absolute atomic E-state index is 13.3. The number of benzene rings is 1. The molecule has 182 valence electrons. The second-order valence-electron chi connectivity index (χ2n) is 9.50. The summed E-state index contributed by atoms with van der Waals surface area (Å²) in [4.78, 5) is 40.0. The third kappa shape index (κ3) is 4.11. The summed E-state index contributed by atoms with van der Waals surface area (Å²) >= 11 is 0. The van der Waals surface area contributed by atoms with Gasteiger partial charge in [-0.1, -0.05) is 31.0 Å². The van der Waals surface area contributed by atoms with Crippen LogP contribution in [0.3, 0.4) is 0 Å². The predicted octanol–water partition coefficient (Wildman–Crippen LogP) is 4.15. The number of amides is 4. The number of rotatable bonds is 6. The summed E-state index contributed by atoms with van der Waals surface area (Å²) < 4.78 is 7.27. The molecule has 2 fully saturated rings. The van der Waals surface area contributed by atoms with Gasteiger partial charge in [0.05, 0.1) is 11.4 Å². The SMILES string of the molecule is Cc1cc(C2(C)NC(=O)N(CC(=O)Nc3cc(C4CCCC4)nn3-c3ccccc3)C2=O)c(C)o1. The van der Waals surface area contributed by atoms with Gasteiger partial charge in [-0.05, 0) is 51.8 Å². The van der Waals surface area contributed by atoms with Crippen molar-refractivity contribution in [2.75, 3.05) is 11.9 Å². The van der Waals surface area contributed by atoms with Gasteiger partial charge in [0.1, 0.15) is 29.4 Å². The molecule has 3 aromatic rings. The number of urea groups is 1. The molecule has 1 atom stereocenters. The van der Waals surface area contributed by atoms with Gasteiger partial charge in [-0.25, -0.2) is 9.48 Å². The molecule has 35 heavy (non-hydrogen) atoms. The van der Waals surface area contributed by atoms with Crippen LogP contribution in [-0.4, -0.2) is 39.1 Å². The Kier molecular flexibility index (Phi) is 5.70. The van der Waals surface area contributed by atoms with Crippen LogP contribution in [0.25, 0.3) is 5.69 Å². The fourth-order valence-electron chi connectivity index (χ4n) is 5.15. The number of carbonyl (C=O) groups is 3. The summed E-state index contributed by atoms with van der Waals surface area (Å²) in [6.45, 7) is 4.74. The quantitative estimate of drug-likeness (QED) is 0.521. The highest BCUT2D eigenvalue weighted by molar-refractivity contribution is 6.10. The van der Waals surface area contributed by atoms with Crippen LogP contribution in [0.2, 0.25) is 0 Å². The van der Waals surface area contributed by atoms with E-state index in [4.69, 9.17) is 9.52 Å². The summed E-state index contributed by atoms with van der Waals surface area (Å²) in [7, 11) is 0. The maximum atomic E-state index is 13.3. The number of hydrogen-bond donors (Lipinski definition) is 2. The van der Waals surface area contributed by atoms with Gasteiger partial charge in [-0.15, -0.1) is 0 Å². The smallest absolute Gasteiger partial charge is 0.325 e. The Labute approximate surface area is 203 Å². The number of carbonyl (C=O) groups excluding carboxylic acids is 3. The minimum atomic E-state index is -1.29. The molecule has 3 heterocycles. The van der Waals surface area contributed by atoms with E-state index in [2.05, 4.69) is 10.6 Å². The summed E-state index contributed by atoms with van der Waals surface area (Å²) in [6.07, 6.45) is 4.50. The predicted molar refractivity (Wildman–Crippen MR) is 129 cm³/mol. The highest BCUT2D eigenvalue weighted by atomic mass is 16.3. The molecule has 2 aromatic heterocycles. The zero-order valence-electron chi connectivity index (χ0n) is 20.1. The number of anilines is 1. The van der Waals surface area contributed by atoms with Gasteiger partial charge in [0, 0.05) is 17.5 Å². The van der Waals surface area contributed by atoms with Crippen molar-refractivity contribution in [2.24, 2.45) is 0 Å². The average molecular weight is 476 g/mol. The second kappa shape index (κ2) is 8.72. The Bertz CT molecular complexity index is 1290. The summed E-state index contributed by atoms with van der Waals surface area (Å²) in [6, 6.07) is 12.6. The first-order valence-electron chi connectivity index (χ1n) is 11.9. The fourth-order valence-corrected chi connectivity index (χ4v) is 5.15. The first-order chi connectivity index (χ1) is 16.8. The van der Waals surface area contributed by atoms with Crippen molar-refractivity contribution < 1.29 is 18.8 Å². The lowest BCUT2D eigenvalue weighted by Crippen LogP contribution is -2.42. The van der Waals surface area contributed by atoms with E-state index in [1.165, 1.54) is 12.8 Å². The lowest BCUT2D eigenvalue weighted by atomic mass is 9.92. The van der Waals surface area contributed by atoms with E-state index >= 15 is 0 Å². The van der Waals surface area contributed by atoms with Crippen LogP contribution in [0.1, 0.15) is 61.3 Å². The molecule has 1 saturated heterocycles. The minimum absolute atomic E-state index is 0.365. The molecule has 1 aliphatic heterocycles. The van der Waals surface area contributed by atoms with Crippen LogP contribution in [0.5, 0.6) is 0 Å². The first kappa shape index (κ1) is 22.9. The maximum Gasteiger partial charge on any atom is 0.325 e. The molecular formula is C26H29N5O4. The van der Waals surface area contributed by atoms with Crippen molar-refractivity contribution in [3.8, 4) is 5.69 Å². The number of aromatic nitrogens is 2. The highest BCUT2D eigenvalue weighted by Gasteiger charge is 2.51. The van der Waals surface area contributed by atoms with Crippen molar-refractivity contribution in [3.05, 3.63) is 65.2 Å². The van der Waals surface area contributed by atoms with E-state index in [1.54, 1.807) is 31.5 Å². The Morgan fingerprint density at radius 2 is 1.89 bits per heavy atom. The van der Waals surface area contributed by atoms with Crippen LogP contribution in [0.4, 0.5) is 10.6 Å². The van der Waals surface area contributed by atoms with E-state index in [9.17, 15) is 14.4 Å². The Morgan fingerprint density at radius 3 is 2.54 bits per heavy atom. The van der Waals surface area contributed by atoms with Crippen LogP contribution in [-0.2, 0) is 15.1 Å². The molecule has 0 bridgehead atoms. The average Bonchev–Trinajstić information content (AvgIpc) is 3.60. The van der Waals surface area contributed by atoms with Gasteiger partial charge in [0.15, 0.2) is 0 Å². The van der Waals surface area contributed by atoms with Gasteiger partial charge in [-0.3, -0.25) is 14.5 Å². The first-order valence-corrected chi connectivity index (χ1v) is 11.9. The third-order valence-corrected chi connectivity index (χ3v) is 6.93. The molecule has 9 heteroatoms. The molecule has 1 saturated carbocycles. The van der Waals surface area contributed by atoms with E-state index in [-0.39, 0.29) is 0 Å². The summed E-state index contributed by atoms with van der Waals surface area (Å²) in [5.41, 5.74) is 1.05. The Balaban J connectivity index is 1.37. The van der Waals surface area contributed by atoms with Crippen LogP contribution in [0.15, 0.2) is 46.9 Å². The highest BCUT2D eigenvalue weighted by Crippen LogP contribution is 2.35. The Hall–Kier alpha value is -3.88. The molecule has 1 aromatic carbocycles. The summed E-state index contributed by atoms with van der Waals surface area (Å²) in [5, 5.41) is 10.4. The van der Waals surface area contributed by atoms with Crippen LogP contribution in [0, 0.1) is 13.8 Å². The van der Waals surface area contributed by atoms with Gasteiger partial charge < -0.3 is 15.1 Å². The standard InChI is InChI=1S/C26H29N5O4/c1-16-13-20(17(2)35-16)26(3)24(33)30(25(34)28-26)15-23(32)27-22-14-21(18-9-7-8-10-18)29-31(22)19-11-5-4-6-12-19/h4-6,11-14,18H,7-10,15H2,1-3H3,(H,27,32)(H,28,34). The van der Waals surface area contributed by atoms with Crippen molar-refractivity contribution in [1.29, 1.82) is 0 Å². The molecule has 0 radical (unpaired) electrons. The lowest BCUT2D eigenvalue weighted by Gasteiger charge is -2.21. The van der Waals surface area contributed by atoms with Crippen molar-refractivity contribution in [2.45, 2.75) is 57.9 Å². The van der Waals surface area contributed by atoms with E-state index < -0.39 is 29.9 Å². The van der Waals surface area contributed by atoms with Crippen LogP contribution >= 0.6 is 0 Å². The van der Waals surface area contributed by atoms with E-state index in [0.29, 0.717) is 28.8 Å². The number of furan rings is 1. The second-order valence-corrected chi connectivity index (χ2v) is 9.50. The molecule has 0 spiro atoms. The number of aryl methyl sites for hydroxylation is 2. The number of hydrogen-bond acceptors (Lipinski definition) is 5. The molecule has 1 unspecified atom stereocenters. The number of imide groups is 1. The molecule has 9 nitrogen and oxygen atoms in total. The molecule has 4 amide bonds. The van der Waals surface area contributed by atoms with Gasteiger partial charge >= 0.3 is 6.03 Å². The molecular weight excluding hydrogens is 446 g/mol. The topological polar surface area (TPSA) is 109 Å². The van der Waals surface area contributed by atoms with E-state index in [0.717, 1.165) is 29.1 Å². The zero-order chi connectivity index (χ0) is 24.7. The van der Waals surface area contributed by atoms with Gasteiger partial charge in [-0.2, -0.15) is 5.10 Å². The third-order valence-electron chi connectivity index (χ3n) is 6.93. The fraction of sp³-hybridized carbons (Fsp3) is 0.385. The van der Waals surface area contributed by atoms with Gasteiger partial charge in [0.25, 0.3) is 5.91 Å². The Morgan fingerprint density at radius 1 is 1.17 bits per heavy atom. The van der Waals surface area contributed by atoms with Gasteiger partial charge in [0.2, 0.25) is 5.91 Å². The summed E-state index contributed by atoms with van der Waals surface area (Å²) in [5.74, 6) is 1.10. The zero-order valence-corrected chi connectivity index (χ0v) is 20.1. The van der Waals surface area contributed by atoms with E-state index in [1.807, 2.05) is 36.4 Å².